The van der Waals surface area contributed by atoms with Crippen LogP contribution in [0.25, 0.3) is 0 Å². The van der Waals surface area contributed by atoms with Gasteiger partial charge in [0.15, 0.2) is 11.6 Å². The fraction of sp³-hybridized carbons (Fsp3) is 0.286. The Balaban J connectivity index is 1.89. The van der Waals surface area contributed by atoms with Crippen LogP contribution in [0.2, 0.25) is 10.0 Å². The smallest absolute Gasteiger partial charge is 0.242 e. The van der Waals surface area contributed by atoms with Crippen molar-refractivity contribution in [1.29, 1.82) is 0 Å². The maximum atomic E-state index is 13.8. The minimum atomic E-state index is -3.88. The maximum Gasteiger partial charge on any atom is 0.242 e. The maximum absolute atomic E-state index is 13.8. The molecule has 2 amide bonds. The molecule has 1 atom stereocenters. The van der Waals surface area contributed by atoms with E-state index in [0.717, 1.165) is 34.3 Å². The number of benzene rings is 3. The molecular weight excluding hydrogens is 583 g/mol. The Labute approximate surface area is 242 Å². The van der Waals surface area contributed by atoms with E-state index in [1.807, 2.05) is 30.3 Å². The lowest BCUT2D eigenvalue weighted by Gasteiger charge is -2.32. The molecule has 0 radical (unpaired) electrons. The number of rotatable bonds is 12. The zero-order valence-corrected chi connectivity index (χ0v) is 24.2. The van der Waals surface area contributed by atoms with Crippen LogP contribution in [-0.4, -0.2) is 51.0 Å². The van der Waals surface area contributed by atoms with Gasteiger partial charge in [-0.1, -0.05) is 59.6 Å². The molecule has 0 aliphatic carbocycles. The minimum Gasteiger partial charge on any atom is -0.357 e. The number of hydrogen-bond donors (Lipinski definition) is 1. The molecule has 0 aliphatic rings. The van der Waals surface area contributed by atoms with E-state index in [4.69, 9.17) is 23.2 Å². The Bertz CT molecular complexity index is 1440. The molecule has 0 saturated carbocycles. The van der Waals surface area contributed by atoms with Crippen molar-refractivity contribution >= 4 is 50.7 Å². The molecule has 0 spiro atoms. The third kappa shape index (κ3) is 8.16. The van der Waals surface area contributed by atoms with E-state index in [-0.39, 0.29) is 38.0 Å². The molecule has 214 valence electrons. The quantitative estimate of drug-likeness (QED) is 0.305. The summed E-state index contributed by atoms with van der Waals surface area (Å²) < 4.78 is 53.0. The molecule has 0 bridgehead atoms. The lowest BCUT2D eigenvalue weighted by atomic mass is 10.0. The molecule has 0 fully saturated rings. The van der Waals surface area contributed by atoms with Gasteiger partial charge in [-0.3, -0.25) is 13.9 Å². The van der Waals surface area contributed by atoms with Crippen LogP contribution in [0.4, 0.5) is 14.5 Å². The van der Waals surface area contributed by atoms with E-state index >= 15 is 0 Å². The first-order chi connectivity index (χ1) is 18.9. The van der Waals surface area contributed by atoms with Crippen molar-refractivity contribution in [1.82, 2.24) is 10.2 Å². The molecule has 3 aromatic rings. The van der Waals surface area contributed by atoms with Gasteiger partial charge in [0.2, 0.25) is 21.8 Å². The van der Waals surface area contributed by atoms with Gasteiger partial charge in [0.1, 0.15) is 6.04 Å². The molecule has 3 aromatic carbocycles. The van der Waals surface area contributed by atoms with E-state index in [0.29, 0.717) is 15.6 Å². The number of sulfonamides is 1. The van der Waals surface area contributed by atoms with Crippen LogP contribution in [0.5, 0.6) is 0 Å². The van der Waals surface area contributed by atoms with E-state index in [1.165, 1.54) is 11.9 Å². The molecule has 1 N–H and O–H groups in total. The van der Waals surface area contributed by atoms with Crippen molar-refractivity contribution in [3.8, 4) is 0 Å². The summed E-state index contributed by atoms with van der Waals surface area (Å²) in [6, 6.07) is 15.9. The third-order valence-corrected chi connectivity index (χ3v) is 8.15. The van der Waals surface area contributed by atoms with Crippen LogP contribution in [0.1, 0.15) is 24.0 Å². The number of carbonyl (C=O) groups is 2. The number of halogens is 4. The summed E-state index contributed by atoms with van der Waals surface area (Å²) in [6.07, 6.45) is 1.02. The molecule has 7 nitrogen and oxygen atoms in total. The molecule has 0 saturated heterocycles. The summed E-state index contributed by atoms with van der Waals surface area (Å²) in [6.45, 7) is -0.249. The number of nitrogens with zero attached hydrogens (tertiary/aromatic N) is 2. The zero-order valence-electron chi connectivity index (χ0n) is 21.9. The first kappa shape index (κ1) is 31.3. The summed E-state index contributed by atoms with van der Waals surface area (Å²) in [5.41, 5.74) is 1.21. The molecule has 40 heavy (non-hydrogen) atoms. The lowest BCUT2D eigenvalue weighted by Crippen LogP contribution is -2.50. The summed E-state index contributed by atoms with van der Waals surface area (Å²) in [7, 11) is -2.41. The number of hydrogen-bond acceptors (Lipinski definition) is 4. The highest BCUT2D eigenvalue weighted by atomic mass is 35.5. The second-order valence-corrected chi connectivity index (χ2v) is 11.8. The van der Waals surface area contributed by atoms with Crippen LogP contribution in [-0.2, 0) is 32.6 Å². The van der Waals surface area contributed by atoms with E-state index in [1.54, 1.807) is 18.2 Å². The lowest BCUT2D eigenvalue weighted by molar-refractivity contribution is -0.141. The largest absolute Gasteiger partial charge is 0.357 e. The van der Waals surface area contributed by atoms with Crippen molar-refractivity contribution in [3.63, 3.8) is 0 Å². The van der Waals surface area contributed by atoms with Crippen LogP contribution in [0.15, 0.2) is 66.7 Å². The van der Waals surface area contributed by atoms with Gasteiger partial charge < -0.3 is 10.2 Å². The number of amides is 2. The Hall–Kier alpha value is -3.21. The van der Waals surface area contributed by atoms with Gasteiger partial charge in [-0.25, -0.2) is 17.2 Å². The number of anilines is 1. The minimum absolute atomic E-state index is 0.0312. The van der Waals surface area contributed by atoms with Gasteiger partial charge in [0.05, 0.1) is 11.9 Å². The van der Waals surface area contributed by atoms with Gasteiger partial charge in [0, 0.05) is 54.7 Å². The summed E-state index contributed by atoms with van der Waals surface area (Å²) >= 11 is 12.8. The molecule has 0 unspecified atom stereocenters. The Morgan fingerprint density at radius 2 is 1.60 bits per heavy atom. The number of carbonyl (C=O) groups excluding carboxylic acids is 2. The van der Waals surface area contributed by atoms with Crippen molar-refractivity contribution < 1.29 is 26.8 Å². The van der Waals surface area contributed by atoms with Crippen molar-refractivity contribution in [2.24, 2.45) is 0 Å². The second kappa shape index (κ2) is 13.9. The second-order valence-electron chi connectivity index (χ2n) is 9.08. The molecule has 0 aliphatic heterocycles. The van der Waals surface area contributed by atoms with Gasteiger partial charge in [0.25, 0.3) is 0 Å². The molecule has 3 rings (SSSR count). The van der Waals surface area contributed by atoms with Crippen molar-refractivity contribution in [2.45, 2.75) is 31.8 Å². The fourth-order valence-electron chi connectivity index (χ4n) is 4.22. The van der Waals surface area contributed by atoms with Crippen LogP contribution >= 0.6 is 23.2 Å². The predicted octanol–water partition coefficient (Wildman–Crippen LogP) is 5.20. The molecular formula is C28H29Cl2F2N3O4S. The zero-order chi connectivity index (χ0) is 29.4. The topological polar surface area (TPSA) is 86.8 Å². The SMILES string of the molecule is CNC(=O)[C@H](Cc1ccccc1)N(Cc1c(Cl)cccc1Cl)C(=O)CCCN(c1ccc(F)c(F)c1)S(C)(=O)=O. The van der Waals surface area contributed by atoms with Crippen LogP contribution in [0, 0.1) is 11.6 Å². The van der Waals surface area contributed by atoms with Crippen molar-refractivity contribution in [3.05, 3.63) is 99.5 Å². The van der Waals surface area contributed by atoms with E-state index in [2.05, 4.69) is 5.32 Å². The van der Waals surface area contributed by atoms with Crippen LogP contribution < -0.4 is 9.62 Å². The summed E-state index contributed by atoms with van der Waals surface area (Å²) in [5.74, 6) is -3.15. The molecule has 0 aromatic heterocycles. The predicted molar refractivity (Wildman–Crippen MR) is 153 cm³/mol. The van der Waals surface area contributed by atoms with Gasteiger partial charge >= 0.3 is 0 Å². The third-order valence-electron chi connectivity index (χ3n) is 6.25. The molecule has 12 heteroatoms. The normalized spacial score (nSPS) is 12.1. The number of likely N-dealkylation sites (N-methyl/N-ethyl adjacent to an activating group) is 1. The summed E-state index contributed by atoms with van der Waals surface area (Å²) in [4.78, 5) is 28.1. The standard InChI is InChI=1S/C28H29Cl2F2N3O4S/c1-33-28(37)26(16-19-8-4-3-5-9-19)34(18-21-22(29)10-6-11-23(21)30)27(36)12-7-15-35(40(2,38)39)20-13-14-24(31)25(32)17-20/h3-6,8-11,13-14,17,26H,7,12,15-16,18H2,1-2H3,(H,33,37)/t26-/m0/s1. The van der Waals surface area contributed by atoms with Crippen LogP contribution in [0.3, 0.4) is 0 Å². The first-order valence-electron chi connectivity index (χ1n) is 12.3. The molecule has 0 heterocycles. The Morgan fingerprint density at radius 3 is 2.17 bits per heavy atom. The highest BCUT2D eigenvalue weighted by Crippen LogP contribution is 2.28. The first-order valence-corrected chi connectivity index (χ1v) is 14.9. The monoisotopic (exact) mass is 611 g/mol. The van der Waals surface area contributed by atoms with Gasteiger partial charge in [-0.15, -0.1) is 0 Å². The average Bonchev–Trinajstić information content (AvgIpc) is 2.91. The number of nitrogens with one attached hydrogen (secondary N) is 1. The highest BCUT2D eigenvalue weighted by molar-refractivity contribution is 7.92. The Kier molecular flexibility index (Phi) is 10.9. The van der Waals surface area contributed by atoms with Gasteiger partial charge in [-0.05, 0) is 36.2 Å². The average molecular weight is 613 g/mol. The Morgan fingerprint density at radius 1 is 0.950 bits per heavy atom. The fourth-order valence-corrected chi connectivity index (χ4v) is 5.69. The van der Waals surface area contributed by atoms with E-state index < -0.39 is 39.5 Å². The van der Waals surface area contributed by atoms with Gasteiger partial charge in [-0.2, -0.15) is 0 Å². The van der Waals surface area contributed by atoms with Crippen molar-refractivity contribution in [2.75, 3.05) is 24.2 Å². The summed E-state index contributed by atoms with van der Waals surface area (Å²) in [5, 5.41) is 3.25. The van der Waals surface area contributed by atoms with E-state index in [9.17, 15) is 26.8 Å². The highest BCUT2D eigenvalue weighted by Gasteiger charge is 2.31.